The highest BCUT2D eigenvalue weighted by molar-refractivity contribution is 7.07. The number of nitrogens with zero attached hydrogens (tertiary/aromatic N) is 4. The average molecular weight is 402 g/mol. The molecular formula is C20H27N5O2S. The molecule has 150 valence electrons. The van der Waals surface area contributed by atoms with Crippen LogP contribution in [-0.4, -0.2) is 62.0 Å². The van der Waals surface area contributed by atoms with Gasteiger partial charge >= 0.3 is 0 Å². The van der Waals surface area contributed by atoms with Crippen molar-refractivity contribution in [3.63, 3.8) is 0 Å². The number of thiophene rings is 1. The van der Waals surface area contributed by atoms with Gasteiger partial charge < -0.3 is 19.9 Å². The lowest BCUT2D eigenvalue weighted by Gasteiger charge is -2.32. The van der Waals surface area contributed by atoms with Gasteiger partial charge in [0.15, 0.2) is 11.6 Å². The van der Waals surface area contributed by atoms with Gasteiger partial charge in [-0.25, -0.2) is 0 Å². The van der Waals surface area contributed by atoms with Gasteiger partial charge in [0.1, 0.15) is 0 Å². The first kappa shape index (κ1) is 19.1. The predicted molar refractivity (Wildman–Crippen MR) is 111 cm³/mol. The highest BCUT2D eigenvalue weighted by atomic mass is 32.1. The summed E-state index contributed by atoms with van der Waals surface area (Å²) in [7, 11) is 0. The molecule has 2 aliphatic heterocycles. The molecule has 4 rings (SSSR count). The second-order valence-electron chi connectivity index (χ2n) is 7.28. The quantitative estimate of drug-likeness (QED) is 0.798. The van der Waals surface area contributed by atoms with Crippen LogP contribution >= 0.6 is 11.3 Å². The summed E-state index contributed by atoms with van der Waals surface area (Å²) in [4.78, 5) is 16.8. The number of carbonyl (C=O) groups is 1. The van der Waals surface area contributed by atoms with Gasteiger partial charge in [-0.05, 0) is 53.8 Å². The highest BCUT2D eigenvalue weighted by Gasteiger charge is 2.25. The summed E-state index contributed by atoms with van der Waals surface area (Å²) in [5.74, 6) is 2.09. The second-order valence-corrected chi connectivity index (χ2v) is 8.06. The van der Waals surface area contributed by atoms with Gasteiger partial charge in [-0.2, -0.15) is 11.3 Å². The van der Waals surface area contributed by atoms with Crippen molar-refractivity contribution in [1.82, 2.24) is 15.5 Å². The van der Waals surface area contributed by atoms with Gasteiger partial charge in [-0.1, -0.05) is 0 Å². The minimum absolute atomic E-state index is 0.0966. The maximum atomic E-state index is 12.4. The van der Waals surface area contributed by atoms with Crippen LogP contribution in [0.25, 0.3) is 0 Å². The molecule has 2 aliphatic rings. The summed E-state index contributed by atoms with van der Waals surface area (Å²) in [6, 6.07) is 6.19. The molecule has 1 amide bonds. The van der Waals surface area contributed by atoms with E-state index in [1.165, 1.54) is 5.56 Å². The molecular weight excluding hydrogens is 374 g/mol. The normalized spacial score (nSPS) is 18.3. The number of hydrogen-bond donors (Lipinski definition) is 1. The van der Waals surface area contributed by atoms with E-state index in [0.717, 1.165) is 70.3 Å². The number of carbonyl (C=O) groups excluding carboxylic acids is 1. The first-order valence-electron chi connectivity index (χ1n) is 10.00. The van der Waals surface area contributed by atoms with E-state index in [4.69, 9.17) is 4.74 Å². The zero-order chi connectivity index (χ0) is 19.2. The SMILES string of the molecule is O=C(NCCc1ccsc1)C1CCN(c2ccc(N3CCOCC3)nn2)CC1. The van der Waals surface area contributed by atoms with Crippen LogP contribution in [0.15, 0.2) is 29.0 Å². The highest BCUT2D eigenvalue weighted by Crippen LogP contribution is 2.23. The molecule has 0 atom stereocenters. The second kappa shape index (κ2) is 9.34. The van der Waals surface area contributed by atoms with Crippen molar-refractivity contribution in [2.75, 3.05) is 55.7 Å². The predicted octanol–water partition coefficient (Wildman–Crippen LogP) is 1.95. The van der Waals surface area contributed by atoms with Gasteiger partial charge in [-0.15, -0.1) is 10.2 Å². The molecule has 7 nitrogen and oxygen atoms in total. The molecule has 0 unspecified atom stereocenters. The van der Waals surface area contributed by atoms with Crippen LogP contribution in [0.2, 0.25) is 0 Å². The Labute approximate surface area is 169 Å². The third-order valence-electron chi connectivity index (χ3n) is 5.45. The molecule has 0 bridgehead atoms. The van der Waals surface area contributed by atoms with Gasteiger partial charge in [0, 0.05) is 38.6 Å². The van der Waals surface area contributed by atoms with Gasteiger partial charge in [0.25, 0.3) is 0 Å². The van der Waals surface area contributed by atoms with E-state index in [0.29, 0.717) is 6.54 Å². The van der Waals surface area contributed by atoms with E-state index < -0.39 is 0 Å². The molecule has 4 heterocycles. The molecule has 0 radical (unpaired) electrons. The monoisotopic (exact) mass is 401 g/mol. The average Bonchev–Trinajstić information content (AvgIpc) is 3.28. The van der Waals surface area contributed by atoms with Crippen LogP contribution in [0.3, 0.4) is 0 Å². The minimum atomic E-state index is 0.0966. The summed E-state index contributed by atoms with van der Waals surface area (Å²) in [6.45, 7) is 5.60. The van der Waals surface area contributed by atoms with E-state index in [2.05, 4.69) is 42.1 Å². The molecule has 0 saturated carbocycles. The van der Waals surface area contributed by atoms with Crippen molar-refractivity contribution in [2.24, 2.45) is 5.92 Å². The Morgan fingerprint density at radius 1 is 1.07 bits per heavy atom. The summed E-state index contributed by atoms with van der Waals surface area (Å²) in [5.41, 5.74) is 1.29. The number of ether oxygens (including phenoxy) is 1. The van der Waals surface area contributed by atoms with Crippen LogP contribution in [0, 0.1) is 5.92 Å². The smallest absolute Gasteiger partial charge is 0.223 e. The first-order chi connectivity index (χ1) is 13.8. The molecule has 28 heavy (non-hydrogen) atoms. The molecule has 2 aromatic heterocycles. The van der Waals surface area contributed by atoms with Gasteiger partial charge in [0.2, 0.25) is 5.91 Å². The molecule has 1 N–H and O–H groups in total. The fourth-order valence-corrected chi connectivity index (χ4v) is 4.43. The Balaban J connectivity index is 1.22. The van der Waals surface area contributed by atoms with Gasteiger partial charge in [0.05, 0.1) is 13.2 Å². The van der Waals surface area contributed by atoms with Crippen molar-refractivity contribution in [1.29, 1.82) is 0 Å². The maximum absolute atomic E-state index is 12.4. The van der Waals surface area contributed by atoms with Crippen LogP contribution in [0.4, 0.5) is 11.6 Å². The Morgan fingerprint density at radius 2 is 1.75 bits per heavy atom. The van der Waals surface area contributed by atoms with E-state index in [9.17, 15) is 4.79 Å². The number of hydrogen-bond acceptors (Lipinski definition) is 7. The third kappa shape index (κ3) is 4.80. The molecule has 2 saturated heterocycles. The molecule has 0 aromatic carbocycles. The van der Waals surface area contributed by atoms with E-state index >= 15 is 0 Å². The maximum Gasteiger partial charge on any atom is 0.223 e. The summed E-state index contributed by atoms with van der Waals surface area (Å²) in [6.07, 6.45) is 2.62. The van der Waals surface area contributed by atoms with E-state index in [1.807, 2.05) is 12.1 Å². The number of morpholine rings is 1. The summed E-state index contributed by atoms with van der Waals surface area (Å²) in [5, 5.41) is 16.1. The largest absolute Gasteiger partial charge is 0.378 e. The van der Waals surface area contributed by atoms with Crippen LogP contribution in [0.5, 0.6) is 0 Å². The Kier molecular flexibility index (Phi) is 6.38. The Morgan fingerprint density at radius 3 is 2.36 bits per heavy atom. The number of nitrogens with one attached hydrogen (secondary N) is 1. The molecule has 8 heteroatoms. The fourth-order valence-electron chi connectivity index (χ4n) is 3.73. The summed E-state index contributed by atoms with van der Waals surface area (Å²) >= 11 is 1.70. The number of amides is 1. The molecule has 0 aliphatic carbocycles. The third-order valence-corrected chi connectivity index (χ3v) is 6.19. The van der Waals surface area contributed by atoms with Gasteiger partial charge in [-0.3, -0.25) is 4.79 Å². The van der Waals surface area contributed by atoms with Crippen LogP contribution < -0.4 is 15.1 Å². The number of aromatic nitrogens is 2. The van der Waals surface area contributed by atoms with Crippen LogP contribution in [-0.2, 0) is 16.0 Å². The lowest BCUT2D eigenvalue weighted by molar-refractivity contribution is -0.125. The Bertz CT molecular complexity index is 738. The van der Waals surface area contributed by atoms with Crippen molar-refractivity contribution < 1.29 is 9.53 Å². The lowest BCUT2D eigenvalue weighted by atomic mass is 9.96. The number of rotatable bonds is 6. The number of piperidine rings is 1. The van der Waals surface area contributed by atoms with E-state index in [1.54, 1.807) is 11.3 Å². The topological polar surface area (TPSA) is 70.6 Å². The zero-order valence-electron chi connectivity index (χ0n) is 16.0. The van der Waals surface area contributed by atoms with Crippen molar-refractivity contribution >= 4 is 28.9 Å². The molecule has 2 fully saturated rings. The number of anilines is 2. The Hall–Kier alpha value is -2.19. The van der Waals surface area contributed by atoms with Crippen molar-refractivity contribution in [3.8, 4) is 0 Å². The minimum Gasteiger partial charge on any atom is -0.378 e. The zero-order valence-corrected chi connectivity index (χ0v) is 16.9. The molecule has 2 aromatic rings. The molecule has 0 spiro atoms. The van der Waals surface area contributed by atoms with Crippen molar-refractivity contribution in [2.45, 2.75) is 19.3 Å². The van der Waals surface area contributed by atoms with Crippen molar-refractivity contribution in [3.05, 3.63) is 34.5 Å². The standard InChI is InChI=1S/C20H27N5O2S/c26-20(21-7-3-16-6-14-28-15-16)17-4-8-24(9-5-17)18-1-2-19(23-22-18)25-10-12-27-13-11-25/h1-2,6,14-15,17H,3-5,7-13H2,(H,21,26). The van der Waals surface area contributed by atoms with Crippen LogP contribution in [0.1, 0.15) is 18.4 Å². The lowest BCUT2D eigenvalue weighted by Crippen LogP contribution is -2.41. The summed E-state index contributed by atoms with van der Waals surface area (Å²) < 4.78 is 5.38. The van der Waals surface area contributed by atoms with E-state index in [-0.39, 0.29) is 11.8 Å². The fraction of sp³-hybridized carbons (Fsp3) is 0.550. The first-order valence-corrected chi connectivity index (χ1v) is 10.9.